The first-order valence-electron chi connectivity index (χ1n) is 10.1. The molecule has 0 bridgehead atoms. The first kappa shape index (κ1) is 21.4. The van der Waals surface area contributed by atoms with E-state index < -0.39 is 15.9 Å². The fourth-order valence-electron chi connectivity index (χ4n) is 3.65. The standard InChI is InChI=1S/C21H29N3O4S/c1-4-23(5-2)19-10-9-17(29(26,27)24-12-7-6-8-13-24)15-18(19)22-21(25)20-16(3)11-14-28-20/h9-11,14-15H,4-8,12-13H2,1-3H3,(H,22,25). The zero-order valence-electron chi connectivity index (χ0n) is 17.3. The summed E-state index contributed by atoms with van der Waals surface area (Å²) in [6.07, 6.45) is 4.26. The van der Waals surface area contributed by atoms with Gasteiger partial charge in [0.2, 0.25) is 10.0 Å². The van der Waals surface area contributed by atoms with Gasteiger partial charge in [0.25, 0.3) is 5.91 Å². The summed E-state index contributed by atoms with van der Waals surface area (Å²) < 4.78 is 33.0. The van der Waals surface area contributed by atoms with Crippen molar-refractivity contribution in [1.29, 1.82) is 0 Å². The molecule has 0 saturated carbocycles. The minimum Gasteiger partial charge on any atom is -0.459 e. The first-order chi connectivity index (χ1) is 13.9. The lowest BCUT2D eigenvalue weighted by atomic mass is 10.2. The van der Waals surface area contributed by atoms with Crippen LogP contribution in [-0.4, -0.2) is 44.8 Å². The zero-order chi connectivity index (χ0) is 21.0. The quantitative estimate of drug-likeness (QED) is 0.737. The molecule has 1 fully saturated rings. The van der Waals surface area contributed by atoms with Crippen molar-refractivity contribution in [2.24, 2.45) is 0 Å². The predicted octanol–water partition coefficient (Wildman–Crippen LogP) is 3.86. The van der Waals surface area contributed by atoms with Crippen LogP contribution in [0.4, 0.5) is 11.4 Å². The van der Waals surface area contributed by atoms with Gasteiger partial charge in [-0.15, -0.1) is 0 Å². The molecular weight excluding hydrogens is 390 g/mol. The molecule has 8 heteroatoms. The Morgan fingerprint density at radius 3 is 2.41 bits per heavy atom. The van der Waals surface area contributed by atoms with Crippen LogP contribution in [0.3, 0.4) is 0 Å². The van der Waals surface area contributed by atoms with Crippen LogP contribution < -0.4 is 10.2 Å². The highest BCUT2D eigenvalue weighted by Crippen LogP contribution is 2.31. The Morgan fingerprint density at radius 1 is 1.14 bits per heavy atom. The van der Waals surface area contributed by atoms with Crippen LogP contribution in [0.15, 0.2) is 39.8 Å². The number of nitrogens with zero attached hydrogens (tertiary/aromatic N) is 2. The van der Waals surface area contributed by atoms with E-state index in [1.807, 2.05) is 13.8 Å². The summed E-state index contributed by atoms with van der Waals surface area (Å²) in [6, 6.07) is 6.69. The van der Waals surface area contributed by atoms with Gasteiger partial charge in [-0.25, -0.2) is 8.42 Å². The van der Waals surface area contributed by atoms with Gasteiger partial charge in [0, 0.05) is 31.7 Å². The highest BCUT2D eigenvalue weighted by atomic mass is 32.2. The number of benzene rings is 1. The van der Waals surface area contributed by atoms with Gasteiger partial charge in [-0.3, -0.25) is 4.79 Å². The minimum atomic E-state index is -3.60. The number of hydrogen-bond acceptors (Lipinski definition) is 5. The van der Waals surface area contributed by atoms with Crippen LogP contribution in [-0.2, 0) is 10.0 Å². The molecule has 158 valence electrons. The smallest absolute Gasteiger partial charge is 0.291 e. The van der Waals surface area contributed by atoms with E-state index in [2.05, 4.69) is 10.2 Å². The van der Waals surface area contributed by atoms with Crippen molar-refractivity contribution in [2.45, 2.75) is 44.9 Å². The number of carbonyl (C=O) groups is 1. The summed E-state index contributed by atoms with van der Waals surface area (Å²) in [5.41, 5.74) is 1.97. The van der Waals surface area contributed by atoms with Crippen molar-refractivity contribution in [3.8, 4) is 0 Å². The van der Waals surface area contributed by atoms with Crippen LogP contribution in [0.2, 0.25) is 0 Å². The van der Waals surface area contributed by atoms with Crippen molar-refractivity contribution in [3.63, 3.8) is 0 Å². The maximum Gasteiger partial charge on any atom is 0.291 e. The van der Waals surface area contributed by atoms with Crippen molar-refractivity contribution in [3.05, 3.63) is 41.9 Å². The minimum absolute atomic E-state index is 0.196. The Labute approximate surface area is 172 Å². The third-order valence-corrected chi connectivity index (χ3v) is 7.24. The van der Waals surface area contributed by atoms with Gasteiger partial charge in [0.05, 0.1) is 22.5 Å². The fraction of sp³-hybridized carbons (Fsp3) is 0.476. The number of furan rings is 1. The first-order valence-corrected chi connectivity index (χ1v) is 11.6. The molecule has 1 aromatic heterocycles. The number of rotatable bonds is 7. The van der Waals surface area contributed by atoms with E-state index in [0.29, 0.717) is 18.8 Å². The molecule has 0 spiro atoms. The Morgan fingerprint density at radius 2 is 1.83 bits per heavy atom. The van der Waals surface area contributed by atoms with E-state index in [0.717, 1.165) is 43.6 Å². The SMILES string of the molecule is CCN(CC)c1ccc(S(=O)(=O)N2CCCCC2)cc1NC(=O)c1occc1C. The molecule has 1 saturated heterocycles. The second-order valence-corrected chi connectivity index (χ2v) is 9.14. The summed E-state index contributed by atoms with van der Waals surface area (Å²) in [5, 5.41) is 2.86. The van der Waals surface area contributed by atoms with Gasteiger partial charge >= 0.3 is 0 Å². The second kappa shape index (κ2) is 9.00. The van der Waals surface area contributed by atoms with Gasteiger partial charge < -0.3 is 14.6 Å². The van der Waals surface area contributed by atoms with Crippen molar-refractivity contribution in [1.82, 2.24) is 4.31 Å². The van der Waals surface area contributed by atoms with E-state index in [4.69, 9.17) is 4.42 Å². The number of aryl methyl sites for hydroxylation is 1. The fourth-order valence-corrected chi connectivity index (χ4v) is 5.20. The number of amides is 1. The summed E-state index contributed by atoms with van der Waals surface area (Å²) in [5.74, 6) is -0.173. The summed E-state index contributed by atoms with van der Waals surface area (Å²) in [7, 11) is -3.60. The van der Waals surface area contributed by atoms with Gasteiger partial charge in [-0.2, -0.15) is 4.31 Å². The monoisotopic (exact) mass is 419 g/mol. The maximum absolute atomic E-state index is 13.1. The molecule has 1 aromatic carbocycles. The van der Waals surface area contributed by atoms with Gasteiger partial charge in [-0.1, -0.05) is 6.42 Å². The van der Waals surface area contributed by atoms with E-state index in [-0.39, 0.29) is 10.7 Å². The Bertz CT molecular complexity index is 958. The molecule has 1 aliphatic heterocycles. The lowest BCUT2D eigenvalue weighted by molar-refractivity contribution is 0.0996. The summed E-state index contributed by atoms with van der Waals surface area (Å²) >= 11 is 0. The molecule has 0 radical (unpaired) electrons. The Balaban J connectivity index is 1.99. The number of nitrogens with one attached hydrogen (secondary N) is 1. The second-order valence-electron chi connectivity index (χ2n) is 7.20. The van der Waals surface area contributed by atoms with Gasteiger partial charge in [0.15, 0.2) is 5.76 Å². The molecule has 2 aromatic rings. The van der Waals surface area contributed by atoms with Crippen LogP contribution >= 0.6 is 0 Å². The molecule has 2 heterocycles. The lowest BCUT2D eigenvalue weighted by Gasteiger charge is -2.28. The third kappa shape index (κ3) is 4.48. The van der Waals surface area contributed by atoms with Crippen LogP contribution in [0, 0.1) is 6.92 Å². The molecule has 1 amide bonds. The number of sulfonamides is 1. The van der Waals surface area contributed by atoms with Crippen LogP contribution in [0.5, 0.6) is 0 Å². The highest BCUT2D eigenvalue weighted by molar-refractivity contribution is 7.89. The topological polar surface area (TPSA) is 82.9 Å². The highest BCUT2D eigenvalue weighted by Gasteiger charge is 2.27. The maximum atomic E-state index is 13.1. The third-order valence-electron chi connectivity index (χ3n) is 5.34. The molecule has 0 atom stereocenters. The molecule has 0 unspecified atom stereocenters. The predicted molar refractivity (Wildman–Crippen MR) is 114 cm³/mol. The Kier molecular flexibility index (Phi) is 6.64. The average molecular weight is 420 g/mol. The van der Waals surface area contributed by atoms with E-state index in [1.54, 1.807) is 31.2 Å². The average Bonchev–Trinajstić information content (AvgIpc) is 3.16. The van der Waals surface area contributed by atoms with Crippen LogP contribution in [0.1, 0.15) is 49.2 Å². The van der Waals surface area contributed by atoms with Gasteiger partial charge in [0.1, 0.15) is 0 Å². The zero-order valence-corrected chi connectivity index (χ0v) is 18.1. The van der Waals surface area contributed by atoms with Crippen molar-refractivity contribution < 1.29 is 17.6 Å². The van der Waals surface area contributed by atoms with Gasteiger partial charge in [-0.05, 0) is 57.9 Å². The number of anilines is 2. The molecule has 0 aliphatic carbocycles. The molecule has 1 N–H and O–H groups in total. The summed E-state index contributed by atoms with van der Waals surface area (Å²) in [4.78, 5) is 15.0. The number of hydrogen-bond donors (Lipinski definition) is 1. The molecule has 1 aliphatic rings. The van der Waals surface area contributed by atoms with Crippen LogP contribution in [0.25, 0.3) is 0 Å². The molecule has 29 heavy (non-hydrogen) atoms. The van der Waals surface area contributed by atoms with Crippen molar-refractivity contribution >= 4 is 27.3 Å². The largest absolute Gasteiger partial charge is 0.459 e. The van der Waals surface area contributed by atoms with E-state index in [9.17, 15) is 13.2 Å². The van der Waals surface area contributed by atoms with E-state index >= 15 is 0 Å². The molecule has 3 rings (SSSR count). The Hall–Kier alpha value is -2.32. The molecule has 7 nitrogen and oxygen atoms in total. The number of carbonyl (C=O) groups excluding carboxylic acids is 1. The number of piperidine rings is 1. The van der Waals surface area contributed by atoms with Crippen molar-refractivity contribution in [2.75, 3.05) is 36.4 Å². The lowest BCUT2D eigenvalue weighted by Crippen LogP contribution is -2.35. The van der Waals surface area contributed by atoms with E-state index in [1.165, 1.54) is 10.6 Å². The summed E-state index contributed by atoms with van der Waals surface area (Å²) in [6.45, 7) is 8.37. The molecular formula is C21H29N3O4S. The normalized spacial score (nSPS) is 15.3.